The van der Waals surface area contributed by atoms with Crippen LogP contribution in [0, 0.1) is 13.8 Å². The van der Waals surface area contributed by atoms with Crippen LogP contribution in [0.1, 0.15) is 23.3 Å². The fraction of sp³-hybridized carbons (Fsp3) is 0.529. The molecule has 0 aromatic carbocycles. The number of hydrogen-bond acceptors (Lipinski definition) is 6. The average Bonchev–Trinajstić information content (AvgIpc) is 3.23. The molecular formula is C17H24N4O3S. The molecule has 8 heteroatoms. The number of piperazine rings is 1. The minimum Gasteiger partial charge on any atom is -0.464 e. The van der Waals surface area contributed by atoms with Gasteiger partial charge in [-0.25, -0.2) is 9.78 Å². The van der Waals surface area contributed by atoms with Gasteiger partial charge in [0.05, 0.1) is 12.3 Å². The number of furan rings is 1. The van der Waals surface area contributed by atoms with Gasteiger partial charge in [-0.1, -0.05) is 0 Å². The van der Waals surface area contributed by atoms with Crippen molar-refractivity contribution in [3.05, 3.63) is 34.7 Å². The Hall–Kier alpha value is -2.06. The standard InChI is InChI=1S/C17H24N4O3S/c1-12-11-25-17(18-12)21-8-6-20(7-9-21)16(22)19-14(10-23-3)15-5-4-13(2)24-15/h4-5,11,14H,6-10H2,1-3H3,(H,19,22). The first kappa shape index (κ1) is 17.8. The number of urea groups is 1. The molecule has 0 bridgehead atoms. The summed E-state index contributed by atoms with van der Waals surface area (Å²) in [6.07, 6.45) is 0. The van der Waals surface area contributed by atoms with Gasteiger partial charge in [-0.3, -0.25) is 0 Å². The van der Waals surface area contributed by atoms with E-state index in [0.717, 1.165) is 29.7 Å². The summed E-state index contributed by atoms with van der Waals surface area (Å²) < 4.78 is 10.9. The molecule has 1 aliphatic rings. The number of thiazole rings is 1. The molecule has 2 aromatic heterocycles. The number of methoxy groups -OCH3 is 1. The molecule has 136 valence electrons. The van der Waals surface area contributed by atoms with E-state index in [-0.39, 0.29) is 12.1 Å². The molecule has 2 aromatic rings. The van der Waals surface area contributed by atoms with Gasteiger partial charge in [-0.05, 0) is 26.0 Å². The molecule has 1 aliphatic heterocycles. The van der Waals surface area contributed by atoms with Crippen molar-refractivity contribution in [1.29, 1.82) is 0 Å². The lowest BCUT2D eigenvalue weighted by atomic mass is 10.2. The number of nitrogens with zero attached hydrogens (tertiary/aromatic N) is 3. The average molecular weight is 364 g/mol. The van der Waals surface area contributed by atoms with E-state index in [1.165, 1.54) is 0 Å². The molecule has 1 N–H and O–H groups in total. The SMILES string of the molecule is COCC(NC(=O)N1CCN(c2nc(C)cs2)CC1)c1ccc(C)o1. The summed E-state index contributed by atoms with van der Waals surface area (Å²) in [5.74, 6) is 1.53. The van der Waals surface area contributed by atoms with Crippen LogP contribution in [0.3, 0.4) is 0 Å². The van der Waals surface area contributed by atoms with E-state index in [0.29, 0.717) is 25.5 Å². The van der Waals surface area contributed by atoms with E-state index in [4.69, 9.17) is 9.15 Å². The molecule has 1 saturated heterocycles. The van der Waals surface area contributed by atoms with Gasteiger partial charge < -0.3 is 24.3 Å². The third-order valence-corrected chi connectivity index (χ3v) is 5.20. The first-order valence-corrected chi connectivity index (χ1v) is 9.22. The Kier molecular flexibility index (Phi) is 5.60. The van der Waals surface area contributed by atoms with Crippen LogP contribution >= 0.6 is 11.3 Å². The number of aryl methyl sites for hydroxylation is 2. The van der Waals surface area contributed by atoms with Crippen LogP contribution < -0.4 is 10.2 Å². The van der Waals surface area contributed by atoms with Gasteiger partial charge in [-0.2, -0.15) is 0 Å². The monoisotopic (exact) mass is 364 g/mol. The maximum atomic E-state index is 12.6. The number of carbonyl (C=O) groups excluding carboxylic acids is 1. The molecule has 1 fully saturated rings. The maximum absolute atomic E-state index is 12.6. The zero-order valence-corrected chi connectivity index (χ0v) is 15.6. The fourth-order valence-electron chi connectivity index (χ4n) is 2.83. The molecule has 1 atom stereocenters. The summed E-state index contributed by atoms with van der Waals surface area (Å²) in [7, 11) is 1.61. The Morgan fingerprint density at radius 3 is 2.68 bits per heavy atom. The normalized spacial score (nSPS) is 16.1. The van der Waals surface area contributed by atoms with Gasteiger partial charge in [0.1, 0.15) is 17.6 Å². The van der Waals surface area contributed by atoms with E-state index in [1.54, 1.807) is 18.4 Å². The third-order valence-electron chi connectivity index (χ3n) is 4.18. The number of amides is 2. The van der Waals surface area contributed by atoms with Crippen molar-refractivity contribution in [2.75, 3.05) is 44.8 Å². The minimum absolute atomic E-state index is 0.0916. The number of ether oxygens (including phenoxy) is 1. The van der Waals surface area contributed by atoms with Crippen LogP contribution in [-0.2, 0) is 4.74 Å². The van der Waals surface area contributed by atoms with E-state index in [2.05, 4.69) is 20.6 Å². The minimum atomic E-state index is -0.286. The summed E-state index contributed by atoms with van der Waals surface area (Å²) in [6.45, 7) is 7.16. The first-order valence-electron chi connectivity index (χ1n) is 8.34. The molecular weight excluding hydrogens is 340 g/mol. The van der Waals surface area contributed by atoms with Crippen LogP contribution in [0.5, 0.6) is 0 Å². The molecule has 0 radical (unpaired) electrons. The number of rotatable bonds is 5. The van der Waals surface area contributed by atoms with Crippen LogP contribution in [-0.4, -0.2) is 55.8 Å². The summed E-state index contributed by atoms with van der Waals surface area (Å²) in [4.78, 5) is 21.2. The van der Waals surface area contributed by atoms with Crippen molar-refractivity contribution < 1.29 is 13.9 Å². The molecule has 3 rings (SSSR count). The Balaban J connectivity index is 1.56. The van der Waals surface area contributed by atoms with Crippen LogP contribution in [0.15, 0.2) is 21.9 Å². The highest BCUT2D eigenvalue weighted by Gasteiger charge is 2.25. The lowest BCUT2D eigenvalue weighted by Crippen LogP contribution is -2.52. The van der Waals surface area contributed by atoms with Crippen LogP contribution in [0.25, 0.3) is 0 Å². The lowest BCUT2D eigenvalue weighted by molar-refractivity contribution is 0.145. The third kappa shape index (κ3) is 4.32. The molecule has 3 heterocycles. The molecule has 0 saturated carbocycles. The predicted molar refractivity (Wildman–Crippen MR) is 97.2 cm³/mol. The highest BCUT2D eigenvalue weighted by atomic mass is 32.1. The molecule has 2 amide bonds. The molecule has 0 aliphatic carbocycles. The van der Waals surface area contributed by atoms with E-state index < -0.39 is 0 Å². The van der Waals surface area contributed by atoms with Gasteiger partial charge in [0.25, 0.3) is 0 Å². The van der Waals surface area contributed by atoms with Crippen molar-refractivity contribution in [3.63, 3.8) is 0 Å². The summed E-state index contributed by atoms with van der Waals surface area (Å²) in [5, 5.41) is 6.09. The molecule has 1 unspecified atom stereocenters. The van der Waals surface area contributed by atoms with E-state index >= 15 is 0 Å². The number of hydrogen-bond donors (Lipinski definition) is 1. The van der Waals surface area contributed by atoms with Crippen molar-refractivity contribution in [3.8, 4) is 0 Å². The van der Waals surface area contributed by atoms with Gasteiger partial charge in [0, 0.05) is 38.7 Å². The van der Waals surface area contributed by atoms with E-state index in [1.807, 2.05) is 30.9 Å². The quantitative estimate of drug-likeness (QED) is 0.883. The van der Waals surface area contributed by atoms with Gasteiger partial charge in [-0.15, -0.1) is 11.3 Å². The second kappa shape index (κ2) is 7.88. The lowest BCUT2D eigenvalue weighted by Gasteiger charge is -2.35. The van der Waals surface area contributed by atoms with E-state index in [9.17, 15) is 4.79 Å². The molecule has 25 heavy (non-hydrogen) atoms. The molecule has 7 nitrogen and oxygen atoms in total. The zero-order chi connectivity index (χ0) is 17.8. The van der Waals surface area contributed by atoms with Gasteiger partial charge >= 0.3 is 6.03 Å². The number of anilines is 1. The molecule has 0 spiro atoms. The van der Waals surface area contributed by atoms with Crippen LogP contribution in [0.4, 0.5) is 9.93 Å². The highest BCUT2D eigenvalue weighted by molar-refractivity contribution is 7.13. The number of carbonyl (C=O) groups is 1. The second-order valence-electron chi connectivity index (χ2n) is 6.15. The Morgan fingerprint density at radius 1 is 1.36 bits per heavy atom. The largest absolute Gasteiger partial charge is 0.464 e. The number of aromatic nitrogens is 1. The summed E-state index contributed by atoms with van der Waals surface area (Å²) in [5.41, 5.74) is 1.04. The summed E-state index contributed by atoms with van der Waals surface area (Å²) in [6, 6.07) is 3.39. The number of nitrogens with one attached hydrogen (secondary N) is 1. The Labute approximate surface area is 151 Å². The van der Waals surface area contributed by atoms with Gasteiger partial charge in [0.15, 0.2) is 5.13 Å². The summed E-state index contributed by atoms with van der Waals surface area (Å²) >= 11 is 1.65. The van der Waals surface area contributed by atoms with Gasteiger partial charge in [0.2, 0.25) is 0 Å². The predicted octanol–water partition coefficient (Wildman–Crippen LogP) is 2.57. The zero-order valence-electron chi connectivity index (χ0n) is 14.8. The fourth-order valence-corrected chi connectivity index (χ4v) is 3.69. The van der Waals surface area contributed by atoms with Crippen molar-refractivity contribution in [2.45, 2.75) is 19.9 Å². The second-order valence-corrected chi connectivity index (χ2v) is 6.99. The smallest absolute Gasteiger partial charge is 0.318 e. The maximum Gasteiger partial charge on any atom is 0.318 e. The van der Waals surface area contributed by atoms with Crippen molar-refractivity contribution in [2.24, 2.45) is 0 Å². The van der Waals surface area contributed by atoms with Crippen molar-refractivity contribution >= 4 is 22.5 Å². The van der Waals surface area contributed by atoms with Crippen molar-refractivity contribution in [1.82, 2.24) is 15.2 Å². The Bertz CT molecular complexity index is 706. The topological polar surface area (TPSA) is 70.8 Å². The highest BCUT2D eigenvalue weighted by Crippen LogP contribution is 2.22. The van der Waals surface area contributed by atoms with Crippen LogP contribution in [0.2, 0.25) is 0 Å². The first-order chi connectivity index (χ1) is 12.1. The Morgan fingerprint density at radius 2 is 2.12 bits per heavy atom.